The highest BCUT2D eigenvalue weighted by Gasteiger charge is 2.69. The van der Waals surface area contributed by atoms with Crippen LogP contribution in [0.4, 0.5) is 11.4 Å². The third-order valence-corrected chi connectivity index (χ3v) is 13.2. The van der Waals surface area contributed by atoms with Crippen molar-refractivity contribution in [2.24, 2.45) is 29.6 Å². The lowest BCUT2D eigenvalue weighted by Crippen LogP contribution is -2.43. The molecule has 2 aliphatic heterocycles. The molecule has 11 heteroatoms. The first-order valence-corrected chi connectivity index (χ1v) is 17.3. The summed E-state index contributed by atoms with van der Waals surface area (Å²) in [6.45, 7) is 1.87. The number of aryl methyl sites for hydroxylation is 1. The minimum absolute atomic E-state index is 0.00757. The number of carbonyl (C=O) groups excluding carboxylic acids is 3. The Hall–Kier alpha value is -3.86. The summed E-state index contributed by atoms with van der Waals surface area (Å²) in [6.07, 6.45) is 0.781. The lowest BCUT2D eigenvalue weighted by molar-refractivity contribution is -0.123. The lowest BCUT2D eigenvalue weighted by atomic mass is 9.68. The van der Waals surface area contributed by atoms with Crippen molar-refractivity contribution in [2.45, 2.75) is 36.1 Å². The molecular weight excluding hydrogens is 642 g/mol. The van der Waals surface area contributed by atoms with Crippen LogP contribution in [0.5, 0.6) is 5.75 Å². The van der Waals surface area contributed by atoms with E-state index in [1.807, 2.05) is 55.5 Å². The molecule has 0 spiro atoms. The molecule has 7 atom stereocenters. The van der Waals surface area contributed by atoms with Gasteiger partial charge in [0.15, 0.2) is 0 Å². The van der Waals surface area contributed by atoms with E-state index in [1.165, 1.54) is 16.2 Å². The zero-order chi connectivity index (χ0) is 31.9. The van der Waals surface area contributed by atoms with Crippen LogP contribution in [0.25, 0.3) is 0 Å². The predicted molar refractivity (Wildman–Crippen MR) is 179 cm³/mol. The van der Waals surface area contributed by atoms with Crippen LogP contribution in [-0.2, 0) is 20.9 Å². The maximum atomic E-state index is 14.0. The number of aromatic nitrogens is 1. The molecule has 2 aliphatic carbocycles. The quantitative estimate of drug-likeness (QED) is 0.245. The fourth-order valence-electron chi connectivity index (χ4n) is 8.26. The van der Waals surface area contributed by atoms with Gasteiger partial charge in [0.25, 0.3) is 0 Å². The van der Waals surface area contributed by atoms with Crippen molar-refractivity contribution in [2.75, 3.05) is 17.3 Å². The minimum atomic E-state index is -0.413. The number of hydrogen-bond acceptors (Lipinski definition) is 7. The number of nitrogens with zero attached hydrogens (tertiary/aromatic N) is 2. The largest absolute Gasteiger partial charge is 0.497 e. The number of amides is 3. The van der Waals surface area contributed by atoms with Crippen molar-refractivity contribution in [1.29, 1.82) is 0 Å². The number of anilines is 2. The maximum absolute atomic E-state index is 14.0. The second kappa shape index (κ2) is 11.1. The molecule has 1 N–H and O–H groups in total. The van der Waals surface area contributed by atoms with Gasteiger partial charge in [-0.1, -0.05) is 52.8 Å². The zero-order valence-corrected chi connectivity index (χ0v) is 27.4. The monoisotopic (exact) mass is 671 g/mol. The van der Waals surface area contributed by atoms with Crippen LogP contribution >= 0.6 is 34.7 Å². The molecule has 46 heavy (non-hydrogen) atoms. The molecule has 1 aromatic heterocycles. The lowest BCUT2D eigenvalue weighted by Gasteiger charge is -2.43. The van der Waals surface area contributed by atoms with Crippen molar-refractivity contribution >= 4 is 63.8 Å². The smallest absolute Gasteiger partial charge is 0.308 e. The molecule has 8 rings (SSSR count). The summed E-state index contributed by atoms with van der Waals surface area (Å²) < 4.78 is 7.02. The first-order valence-electron chi connectivity index (χ1n) is 15.3. The highest BCUT2D eigenvalue weighted by atomic mass is 35.5. The molecule has 2 saturated carbocycles. The topological polar surface area (TPSA) is 97.7 Å². The number of fused-ring (bicyclic) bond motifs is 9. The van der Waals surface area contributed by atoms with Gasteiger partial charge in [0.05, 0.1) is 29.7 Å². The van der Waals surface area contributed by atoms with Crippen LogP contribution < -0.4 is 19.8 Å². The summed E-state index contributed by atoms with van der Waals surface area (Å²) in [5.41, 5.74) is 3.34. The van der Waals surface area contributed by atoms with Gasteiger partial charge in [-0.2, -0.15) is 0 Å². The first-order chi connectivity index (χ1) is 22.2. The number of imide groups is 1. The van der Waals surface area contributed by atoms with Crippen LogP contribution in [-0.4, -0.2) is 34.6 Å². The molecule has 234 valence electrons. The summed E-state index contributed by atoms with van der Waals surface area (Å²) >= 11 is 8.90. The van der Waals surface area contributed by atoms with Gasteiger partial charge < -0.3 is 10.1 Å². The minimum Gasteiger partial charge on any atom is -0.497 e. The van der Waals surface area contributed by atoms with Gasteiger partial charge in [0.1, 0.15) is 12.3 Å². The number of methoxy groups -OCH3 is 1. The van der Waals surface area contributed by atoms with E-state index < -0.39 is 11.8 Å². The van der Waals surface area contributed by atoms with E-state index >= 15 is 0 Å². The van der Waals surface area contributed by atoms with E-state index in [1.54, 1.807) is 47.7 Å². The van der Waals surface area contributed by atoms with Crippen LogP contribution in [0.2, 0.25) is 5.02 Å². The number of carbonyl (C=O) groups is 3. The molecular formula is C35H30ClN3O5S2. The van der Waals surface area contributed by atoms with Crippen molar-refractivity contribution in [3.05, 3.63) is 103 Å². The van der Waals surface area contributed by atoms with E-state index in [0.717, 1.165) is 33.2 Å². The van der Waals surface area contributed by atoms with E-state index in [-0.39, 0.29) is 58.1 Å². The Kier molecular flexibility index (Phi) is 7.15. The van der Waals surface area contributed by atoms with E-state index in [9.17, 15) is 19.2 Å². The highest BCUT2D eigenvalue weighted by Crippen LogP contribution is 2.69. The Labute approximate surface area is 278 Å². The predicted octanol–water partition coefficient (Wildman–Crippen LogP) is 6.20. The third-order valence-electron chi connectivity index (χ3n) is 10.1. The van der Waals surface area contributed by atoms with E-state index in [0.29, 0.717) is 16.4 Å². The molecule has 4 aromatic rings. The highest BCUT2D eigenvalue weighted by molar-refractivity contribution is 8.00. The average molecular weight is 672 g/mol. The number of thiazole rings is 1. The van der Waals surface area contributed by atoms with E-state index in [4.69, 9.17) is 16.3 Å². The van der Waals surface area contributed by atoms with Gasteiger partial charge in [-0.05, 0) is 85.2 Å². The molecule has 2 bridgehead atoms. The Balaban J connectivity index is 1.17. The SMILES string of the molecule is COc1ccc(C2c3sc(=O)n(CC(=O)Nc4ccc(C)cc4)c3SC3C4CC(C5C(=O)N(c6ccc(Cl)cc6)C(=O)C45)C23)cc1. The van der Waals surface area contributed by atoms with Gasteiger partial charge in [-0.3, -0.25) is 28.6 Å². The van der Waals surface area contributed by atoms with Crippen LogP contribution in [0, 0.1) is 36.5 Å². The number of benzene rings is 3. The third kappa shape index (κ3) is 4.56. The number of thioether (sulfide) groups is 1. The summed E-state index contributed by atoms with van der Waals surface area (Å²) in [5, 5.41) is 4.25. The Morgan fingerprint density at radius 1 is 0.935 bits per heavy atom. The van der Waals surface area contributed by atoms with Crippen molar-refractivity contribution in [1.82, 2.24) is 4.57 Å². The Morgan fingerprint density at radius 2 is 1.61 bits per heavy atom. The standard InChI is InChI=1S/C35H30ClN3O5S2/c1-17-3-9-20(10-4-17)37-25(40)16-38-34-31(46-35(38)43)26(18-5-13-22(44-2)14-6-18)27-23-15-24(30(27)45-34)29-28(23)32(41)39(33(29)42)21-11-7-19(36)8-12-21/h3-14,23-24,26-30H,15-16H2,1-2H3,(H,37,40). The second-order valence-electron chi connectivity index (χ2n) is 12.6. The Bertz CT molecular complexity index is 1940. The molecule has 3 heterocycles. The molecule has 7 unspecified atom stereocenters. The normalized spacial score (nSPS) is 27.4. The van der Waals surface area contributed by atoms with Gasteiger partial charge in [-0.25, -0.2) is 0 Å². The molecule has 1 saturated heterocycles. The summed E-state index contributed by atoms with van der Waals surface area (Å²) in [4.78, 5) is 56.9. The first kappa shape index (κ1) is 29.5. The van der Waals surface area contributed by atoms with Crippen LogP contribution in [0.3, 0.4) is 0 Å². The fraction of sp³-hybridized carbons (Fsp3) is 0.314. The number of ether oxygens (including phenoxy) is 1. The summed E-state index contributed by atoms with van der Waals surface area (Å²) in [5.74, 6) is -0.830. The van der Waals surface area contributed by atoms with Gasteiger partial charge in [0.2, 0.25) is 17.7 Å². The number of hydrogen-bond donors (Lipinski definition) is 1. The van der Waals surface area contributed by atoms with Gasteiger partial charge in [-0.15, -0.1) is 11.8 Å². The summed E-state index contributed by atoms with van der Waals surface area (Å²) in [7, 11) is 1.62. The molecule has 3 amide bonds. The molecule has 4 aliphatic rings. The van der Waals surface area contributed by atoms with Crippen LogP contribution in [0.15, 0.2) is 82.6 Å². The van der Waals surface area contributed by atoms with Crippen LogP contribution in [0.1, 0.15) is 28.3 Å². The molecule has 3 fully saturated rings. The van der Waals surface area contributed by atoms with Crippen molar-refractivity contribution in [3.8, 4) is 5.75 Å². The van der Waals surface area contributed by atoms with Crippen molar-refractivity contribution < 1.29 is 19.1 Å². The maximum Gasteiger partial charge on any atom is 0.308 e. The number of halogens is 1. The molecule has 0 radical (unpaired) electrons. The molecule has 3 aromatic carbocycles. The average Bonchev–Trinajstić information content (AvgIpc) is 3.77. The van der Waals surface area contributed by atoms with Gasteiger partial charge >= 0.3 is 4.87 Å². The second-order valence-corrected chi connectivity index (χ2v) is 15.1. The number of rotatable bonds is 6. The van der Waals surface area contributed by atoms with Crippen molar-refractivity contribution in [3.63, 3.8) is 0 Å². The van der Waals surface area contributed by atoms with Gasteiger partial charge in [0, 0.05) is 26.8 Å². The molecule has 8 nitrogen and oxygen atoms in total. The zero-order valence-electron chi connectivity index (χ0n) is 25.0. The Morgan fingerprint density at radius 3 is 2.28 bits per heavy atom. The fourth-order valence-corrected chi connectivity index (χ4v) is 11.5. The number of nitrogens with one attached hydrogen (secondary N) is 1. The summed E-state index contributed by atoms with van der Waals surface area (Å²) in [6, 6.07) is 22.3. The van der Waals surface area contributed by atoms with E-state index in [2.05, 4.69) is 5.32 Å².